The summed E-state index contributed by atoms with van der Waals surface area (Å²) in [5.41, 5.74) is 3.62. The number of carbonyl (C=O) groups is 1. The van der Waals surface area contributed by atoms with Crippen LogP contribution in [-0.2, 0) is 6.54 Å². The number of hydrogen-bond donors (Lipinski definition) is 1. The first-order valence-corrected chi connectivity index (χ1v) is 12.1. The molecule has 1 aromatic carbocycles. The van der Waals surface area contributed by atoms with Crippen LogP contribution >= 0.6 is 11.3 Å². The Kier molecular flexibility index (Phi) is 6.24. The third kappa shape index (κ3) is 4.76. The van der Waals surface area contributed by atoms with Crippen molar-refractivity contribution < 1.29 is 9.53 Å². The Bertz CT molecular complexity index is 1550. The predicted molar refractivity (Wildman–Crippen MR) is 136 cm³/mol. The van der Waals surface area contributed by atoms with Gasteiger partial charge < -0.3 is 14.3 Å². The van der Waals surface area contributed by atoms with Gasteiger partial charge in [0.15, 0.2) is 11.6 Å². The first-order chi connectivity index (χ1) is 17.0. The molecule has 0 aliphatic rings. The van der Waals surface area contributed by atoms with E-state index in [2.05, 4.69) is 28.8 Å². The van der Waals surface area contributed by atoms with Gasteiger partial charge in [-0.2, -0.15) is 0 Å². The molecule has 0 saturated carbocycles. The summed E-state index contributed by atoms with van der Waals surface area (Å²) in [5.74, 6) is 1.89. The molecule has 4 heterocycles. The number of thiophene rings is 1. The number of rotatable bonds is 8. The van der Waals surface area contributed by atoms with Gasteiger partial charge in [-0.1, -0.05) is 32.0 Å². The number of aromatic nitrogens is 5. The van der Waals surface area contributed by atoms with Crippen LogP contribution in [0.25, 0.3) is 33.0 Å². The molecule has 0 amide bonds. The largest absolute Gasteiger partial charge is 0.477 e. The molecule has 0 fully saturated rings. The fraction of sp³-hybridized carbons (Fsp3) is 0.192. The second-order valence-corrected chi connectivity index (χ2v) is 9.45. The smallest absolute Gasteiger partial charge is 0.269 e. The van der Waals surface area contributed by atoms with E-state index in [1.54, 1.807) is 18.5 Å². The van der Waals surface area contributed by atoms with Crippen LogP contribution in [0.5, 0.6) is 5.88 Å². The molecule has 9 heteroatoms. The Balaban J connectivity index is 1.50. The van der Waals surface area contributed by atoms with Crippen LogP contribution in [0, 0.1) is 5.92 Å². The number of aromatic amines is 1. The van der Waals surface area contributed by atoms with Gasteiger partial charge in [0, 0.05) is 53.3 Å². The molecule has 0 saturated heterocycles. The van der Waals surface area contributed by atoms with Gasteiger partial charge in [0.2, 0.25) is 5.88 Å². The highest BCUT2D eigenvalue weighted by Crippen LogP contribution is 2.32. The van der Waals surface area contributed by atoms with E-state index in [1.807, 2.05) is 46.5 Å². The molecule has 0 unspecified atom stereocenters. The van der Waals surface area contributed by atoms with Crippen LogP contribution in [0.4, 0.5) is 0 Å². The molecule has 176 valence electrons. The minimum Gasteiger partial charge on any atom is -0.477 e. The summed E-state index contributed by atoms with van der Waals surface area (Å²) in [7, 11) is 0. The zero-order valence-electron chi connectivity index (χ0n) is 19.3. The summed E-state index contributed by atoms with van der Waals surface area (Å²) in [6, 6.07) is 11.1. The van der Waals surface area contributed by atoms with Crippen LogP contribution in [0.15, 0.2) is 65.2 Å². The van der Waals surface area contributed by atoms with Crippen LogP contribution in [0.1, 0.15) is 29.8 Å². The fourth-order valence-electron chi connectivity index (χ4n) is 3.73. The summed E-state index contributed by atoms with van der Waals surface area (Å²) in [6.07, 6.45) is 6.04. The summed E-state index contributed by atoms with van der Waals surface area (Å²) in [5, 5.41) is 1.92. The number of hydrogen-bond acceptors (Lipinski definition) is 7. The van der Waals surface area contributed by atoms with Crippen molar-refractivity contribution in [1.29, 1.82) is 0 Å². The van der Waals surface area contributed by atoms with Gasteiger partial charge in [0.1, 0.15) is 11.0 Å². The second kappa shape index (κ2) is 9.63. The van der Waals surface area contributed by atoms with Gasteiger partial charge in [0.25, 0.3) is 5.56 Å². The molecular weight excluding hydrogens is 462 g/mol. The number of imidazole rings is 1. The fourth-order valence-corrected chi connectivity index (χ4v) is 4.64. The Morgan fingerprint density at radius 1 is 1.20 bits per heavy atom. The van der Waals surface area contributed by atoms with Crippen LogP contribution in [-0.4, -0.2) is 37.4 Å². The highest BCUT2D eigenvalue weighted by atomic mass is 32.1. The van der Waals surface area contributed by atoms with Crippen molar-refractivity contribution in [2.24, 2.45) is 5.92 Å². The first kappa shape index (κ1) is 22.7. The van der Waals surface area contributed by atoms with Crippen molar-refractivity contribution in [3.8, 4) is 28.7 Å². The van der Waals surface area contributed by atoms with E-state index in [1.165, 1.54) is 11.3 Å². The van der Waals surface area contributed by atoms with Crippen LogP contribution < -0.4 is 10.3 Å². The average Bonchev–Trinajstić information content (AvgIpc) is 3.50. The Hall–Kier alpha value is -4.11. The SMILES string of the molecule is CC(C)COc1ccc(-c2csc3c(=O)[nH]c(-c4nccn4Cc4cccc(C=O)c4)nc23)cn1. The number of carbonyl (C=O) groups excluding carboxylic acids is 1. The lowest BCUT2D eigenvalue weighted by Crippen LogP contribution is -2.11. The number of ether oxygens (including phenoxy) is 1. The molecule has 0 spiro atoms. The van der Waals surface area contributed by atoms with Crippen molar-refractivity contribution in [1.82, 2.24) is 24.5 Å². The highest BCUT2D eigenvalue weighted by molar-refractivity contribution is 7.17. The van der Waals surface area contributed by atoms with Crippen molar-refractivity contribution in [2.75, 3.05) is 6.61 Å². The van der Waals surface area contributed by atoms with Gasteiger partial charge >= 0.3 is 0 Å². The minimum absolute atomic E-state index is 0.219. The summed E-state index contributed by atoms with van der Waals surface area (Å²) in [6.45, 7) is 5.25. The second-order valence-electron chi connectivity index (χ2n) is 8.57. The number of H-pyrrole nitrogens is 1. The molecule has 1 N–H and O–H groups in total. The lowest BCUT2D eigenvalue weighted by atomic mass is 10.1. The maximum Gasteiger partial charge on any atom is 0.269 e. The molecule has 0 atom stereocenters. The summed E-state index contributed by atoms with van der Waals surface area (Å²) >= 11 is 1.35. The molecule has 0 aliphatic heterocycles. The molecule has 0 bridgehead atoms. The van der Waals surface area contributed by atoms with Crippen molar-refractivity contribution >= 4 is 27.8 Å². The van der Waals surface area contributed by atoms with Crippen LogP contribution in [0.2, 0.25) is 0 Å². The molecular formula is C26H23N5O3S. The Morgan fingerprint density at radius 2 is 2.09 bits per heavy atom. The lowest BCUT2D eigenvalue weighted by molar-refractivity contribution is 0.112. The standard InChI is InChI=1S/C26H23N5O3S/c1-16(2)14-34-21-7-6-19(11-28-21)20-15-35-23-22(20)29-24(30-26(23)33)25-27-8-9-31(25)12-17-4-3-5-18(10-17)13-32/h3-11,13,15-16H,12,14H2,1-2H3,(H,29,30,33). The van der Waals surface area contributed by atoms with E-state index in [-0.39, 0.29) is 5.56 Å². The first-order valence-electron chi connectivity index (χ1n) is 11.2. The van der Waals surface area contributed by atoms with Crippen molar-refractivity contribution in [3.05, 3.63) is 81.8 Å². The van der Waals surface area contributed by atoms with Gasteiger partial charge in [-0.25, -0.2) is 15.0 Å². The van der Waals surface area contributed by atoms with E-state index in [4.69, 9.17) is 9.72 Å². The average molecular weight is 486 g/mol. The lowest BCUT2D eigenvalue weighted by Gasteiger charge is -2.09. The predicted octanol–water partition coefficient (Wildman–Crippen LogP) is 4.81. The maximum absolute atomic E-state index is 12.9. The highest BCUT2D eigenvalue weighted by Gasteiger charge is 2.16. The number of fused-ring (bicyclic) bond motifs is 1. The topological polar surface area (TPSA) is 103 Å². The molecule has 5 rings (SSSR count). The third-order valence-electron chi connectivity index (χ3n) is 5.41. The zero-order chi connectivity index (χ0) is 24.4. The monoisotopic (exact) mass is 485 g/mol. The van der Waals surface area contributed by atoms with E-state index in [9.17, 15) is 9.59 Å². The zero-order valence-corrected chi connectivity index (χ0v) is 20.1. The minimum atomic E-state index is -0.219. The van der Waals surface area contributed by atoms with E-state index in [0.29, 0.717) is 52.4 Å². The Labute approximate surface area is 205 Å². The van der Waals surface area contributed by atoms with Crippen molar-refractivity contribution in [2.45, 2.75) is 20.4 Å². The molecule has 4 aromatic heterocycles. The van der Waals surface area contributed by atoms with Gasteiger partial charge in [-0.3, -0.25) is 9.59 Å². The van der Waals surface area contributed by atoms with Gasteiger partial charge in [-0.05, 0) is 23.6 Å². The van der Waals surface area contributed by atoms with Gasteiger partial charge in [-0.15, -0.1) is 11.3 Å². The maximum atomic E-state index is 12.9. The van der Waals surface area contributed by atoms with Crippen LogP contribution in [0.3, 0.4) is 0 Å². The number of benzene rings is 1. The van der Waals surface area contributed by atoms with E-state index >= 15 is 0 Å². The normalized spacial score (nSPS) is 11.3. The van der Waals surface area contributed by atoms with Gasteiger partial charge in [0.05, 0.1) is 12.1 Å². The quantitative estimate of drug-likeness (QED) is 0.317. The molecule has 0 radical (unpaired) electrons. The van der Waals surface area contributed by atoms with E-state index in [0.717, 1.165) is 23.0 Å². The van der Waals surface area contributed by atoms with E-state index < -0.39 is 0 Å². The molecule has 5 aromatic rings. The molecule has 0 aliphatic carbocycles. The third-order valence-corrected chi connectivity index (χ3v) is 6.37. The number of pyridine rings is 1. The summed E-state index contributed by atoms with van der Waals surface area (Å²) < 4.78 is 8.12. The molecule has 8 nitrogen and oxygen atoms in total. The molecule has 35 heavy (non-hydrogen) atoms. The number of aldehydes is 1. The van der Waals surface area contributed by atoms with Crippen molar-refractivity contribution in [3.63, 3.8) is 0 Å². The summed E-state index contributed by atoms with van der Waals surface area (Å²) in [4.78, 5) is 40.5. The Morgan fingerprint density at radius 3 is 2.86 bits per heavy atom. The number of nitrogens with zero attached hydrogens (tertiary/aromatic N) is 4. The number of nitrogens with one attached hydrogen (secondary N) is 1.